The fraction of sp³-hybridized carbons (Fsp3) is 0.107. The molecule has 0 bridgehead atoms. The van der Waals surface area contributed by atoms with Crippen LogP contribution in [0.25, 0.3) is 17.4 Å². The Morgan fingerprint density at radius 1 is 1.03 bits per heavy atom. The molecule has 1 saturated heterocycles. The smallest absolute Gasteiger partial charge is 0.266 e. The average molecular weight is 515 g/mol. The Bertz CT molecular complexity index is 1390. The van der Waals surface area contributed by atoms with Gasteiger partial charge in [0.05, 0.1) is 18.1 Å². The summed E-state index contributed by atoms with van der Waals surface area (Å²) in [5.41, 5.74) is 3.38. The van der Waals surface area contributed by atoms with E-state index in [1.807, 2.05) is 66.7 Å². The van der Waals surface area contributed by atoms with Crippen molar-refractivity contribution >= 4 is 40.3 Å². The summed E-state index contributed by atoms with van der Waals surface area (Å²) in [6, 6.07) is 24.4. The number of benzene rings is 2. The molecule has 8 heteroatoms. The second-order valence-corrected chi connectivity index (χ2v) is 9.78. The number of furan rings is 1. The first kappa shape index (κ1) is 24.1. The van der Waals surface area contributed by atoms with Crippen LogP contribution in [-0.4, -0.2) is 25.2 Å². The summed E-state index contributed by atoms with van der Waals surface area (Å²) in [5.74, 6) is 1.09. The molecule has 36 heavy (non-hydrogen) atoms. The molecule has 1 fully saturated rings. The van der Waals surface area contributed by atoms with Crippen LogP contribution in [0.3, 0.4) is 0 Å². The van der Waals surface area contributed by atoms with Crippen LogP contribution < -0.4 is 0 Å². The molecule has 180 valence electrons. The van der Waals surface area contributed by atoms with Gasteiger partial charge < -0.3 is 14.3 Å². The first-order valence-electron chi connectivity index (χ1n) is 11.2. The van der Waals surface area contributed by atoms with Crippen LogP contribution in [0.4, 0.5) is 0 Å². The Kier molecular flexibility index (Phi) is 7.39. The molecule has 4 aromatic rings. The van der Waals surface area contributed by atoms with Crippen molar-refractivity contribution < 1.29 is 19.1 Å². The lowest BCUT2D eigenvalue weighted by molar-refractivity contribution is -0.122. The zero-order chi connectivity index (χ0) is 24.9. The van der Waals surface area contributed by atoms with E-state index in [-0.39, 0.29) is 12.5 Å². The van der Waals surface area contributed by atoms with E-state index < -0.39 is 6.29 Å². The zero-order valence-electron chi connectivity index (χ0n) is 19.1. The molecule has 1 amide bonds. The summed E-state index contributed by atoms with van der Waals surface area (Å²) >= 11 is 6.71. The third-order valence-corrected chi connectivity index (χ3v) is 6.95. The highest BCUT2D eigenvalue weighted by Crippen LogP contribution is 2.34. The molecule has 2 aromatic carbocycles. The summed E-state index contributed by atoms with van der Waals surface area (Å²) in [4.78, 5) is 19.1. The predicted molar refractivity (Wildman–Crippen MR) is 143 cm³/mol. The van der Waals surface area contributed by atoms with Crippen molar-refractivity contribution in [2.75, 3.05) is 0 Å². The van der Waals surface area contributed by atoms with E-state index in [1.165, 1.54) is 11.8 Å². The van der Waals surface area contributed by atoms with Crippen LogP contribution in [0.15, 0.2) is 101 Å². The third kappa shape index (κ3) is 5.63. The number of nitrogens with zero attached hydrogens (tertiary/aromatic N) is 2. The molecule has 1 atom stereocenters. The Morgan fingerprint density at radius 2 is 1.81 bits per heavy atom. The largest absolute Gasteiger partial charge is 0.457 e. The number of pyridine rings is 1. The molecule has 1 N–H and O–H groups in total. The van der Waals surface area contributed by atoms with E-state index in [4.69, 9.17) is 21.4 Å². The van der Waals surface area contributed by atoms with Crippen molar-refractivity contribution in [3.8, 4) is 11.3 Å². The molecule has 0 spiro atoms. The monoisotopic (exact) mass is 514 g/mol. The van der Waals surface area contributed by atoms with E-state index in [2.05, 4.69) is 4.98 Å². The molecule has 0 saturated carbocycles. The van der Waals surface area contributed by atoms with Gasteiger partial charge in [0.2, 0.25) is 0 Å². The number of hydrogen-bond acceptors (Lipinski definition) is 7. The topological polar surface area (TPSA) is 75.8 Å². The highest BCUT2D eigenvalue weighted by Gasteiger charge is 2.32. The van der Waals surface area contributed by atoms with E-state index >= 15 is 0 Å². The van der Waals surface area contributed by atoms with Gasteiger partial charge in [-0.3, -0.25) is 14.7 Å². The van der Waals surface area contributed by atoms with E-state index in [0.717, 1.165) is 16.7 Å². The SMILES string of the molecule is O=C1/C(=C\c2ccc(-c3ccc(C(O)OCc4cccnc4)cc3)o2)SC(=S)N1Cc1ccccc1. The van der Waals surface area contributed by atoms with E-state index in [9.17, 15) is 9.90 Å². The maximum absolute atomic E-state index is 12.9. The van der Waals surface area contributed by atoms with E-state index in [0.29, 0.717) is 32.9 Å². The normalized spacial score (nSPS) is 15.6. The lowest BCUT2D eigenvalue weighted by atomic mass is 10.1. The molecular weight excluding hydrogens is 492 g/mol. The number of aromatic nitrogens is 1. The molecule has 5 rings (SSSR count). The Balaban J connectivity index is 1.23. The van der Waals surface area contributed by atoms with Gasteiger partial charge in [0.25, 0.3) is 5.91 Å². The van der Waals surface area contributed by atoms with Gasteiger partial charge in [0.15, 0.2) is 6.29 Å². The number of aliphatic hydroxyl groups excluding tert-OH is 1. The van der Waals surface area contributed by atoms with Gasteiger partial charge in [-0.25, -0.2) is 0 Å². The lowest BCUT2D eigenvalue weighted by Gasteiger charge is -2.14. The Hall–Kier alpha value is -3.56. The Morgan fingerprint density at radius 3 is 2.56 bits per heavy atom. The molecule has 3 heterocycles. The van der Waals surface area contributed by atoms with Crippen LogP contribution in [0.2, 0.25) is 0 Å². The maximum atomic E-state index is 12.9. The van der Waals surface area contributed by atoms with Gasteiger partial charge in [0.1, 0.15) is 15.8 Å². The minimum Gasteiger partial charge on any atom is -0.457 e. The fourth-order valence-corrected chi connectivity index (χ4v) is 4.92. The lowest BCUT2D eigenvalue weighted by Crippen LogP contribution is -2.27. The van der Waals surface area contributed by atoms with Gasteiger partial charge in [-0.15, -0.1) is 0 Å². The molecule has 1 aliphatic heterocycles. The summed E-state index contributed by atoms with van der Waals surface area (Å²) in [6.07, 6.45) is 4.06. The van der Waals surface area contributed by atoms with Gasteiger partial charge in [-0.2, -0.15) is 0 Å². The number of aliphatic hydroxyl groups is 1. The number of carbonyl (C=O) groups excluding carboxylic acids is 1. The standard InChI is InChI=1S/C28H22N2O4S2/c31-26-25(36-28(35)30(26)17-19-5-2-1-3-6-19)15-23-12-13-24(34-23)21-8-10-22(11-9-21)27(32)33-18-20-7-4-14-29-16-20/h1-16,27,32H,17-18H2/b25-15+. The van der Waals surface area contributed by atoms with Crippen LogP contribution >= 0.6 is 24.0 Å². The quantitative estimate of drug-likeness (QED) is 0.177. The van der Waals surface area contributed by atoms with Gasteiger partial charge in [-0.05, 0) is 29.3 Å². The molecular formula is C28H22N2O4S2. The van der Waals surface area contributed by atoms with Gasteiger partial charge in [-0.1, -0.05) is 84.6 Å². The number of ether oxygens (including phenoxy) is 1. The third-order valence-electron chi connectivity index (χ3n) is 5.57. The number of thiocarbonyl (C=S) groups is 1. The second kappa shape index (κ2) is 11.0. The summed E-state index contributed by atoms with van der Waals surface area (Å²) in [7, 11) is 0. The second-order valence-electron chi connectivity index (χ2n) is 8.10. The number of amides is 1. The van der Waals surface area contributed by atoms with Crippen molar-refractivity contribution in [2.45, 2.75) is 19.4 Å². The van der Waals surface area contributed by atoms with Gasteiger partial charge >= 0.3 is 0 Å². The predicted octanol–water partition coefficient (Wildman–Crippen LogP) is 5.95. The Labute approximate surface area is 218 Å². The first-order chi connectivity index (χ1) is 17.6. The fourth-order valence-electron chi connectivity index (χ4n) is 3.68. The molecule has 6 nitrogen and oxygen atoms in total. The molecule has 0 radical (unpaired) electrons. The van der Waals surface area contributed by atoms with Gasteiger partial charge in [0, 0.05) is 29.6 Å². The highest BCUT2D eigenvalue weighted by atomic mass is 32.2. The number of rotatable bonds is 8. The number of thioether (sulfide) groups is 1. The first-order valence-corrected chi connectivity index (χ1v) is 12.5. The van der Waals surface area contributed by atoms with Crippen molar-refractivity contribution in [2.24, 2.45) is 0 Å². The molecule has 1 unspecified atom stereocenters. The van der Waals surface area contributed by atoms with Crippen molar-refractivity contribution in [1.29, 1.82) is 0 Å². The summed E-state index contributed by atoms with van der Waals surface area (Å²) < 4.78 is 12.0. The molecule has 1 aliphatic rings. The zero-order valence-corrected chi connectivity index (χ0v) is 20.7. The van der Waals surface area contributed by atoms with Crippen molar-refractivity contribution in [1.82, 2.24) is 9.88 Å². The van der Waals surface area contributed by atoms with Crippen molar-refractivity contribution in [3.63, 3.8) is 0 Å². The summed E-state index contributed by atoms with van der Waals surface area (Å²) in [5, 5.41) is 10.3. The van der Waals surface area contributed by atoms with Crippen molar-refractivity contribution in [3.05, 3.63) is 119 Å². The number of carbonyl (C=O) groups is 1. The average Bonchev–Trinajstić information content (AvgIpc) is 3.49. The summed E-state index contributed by atoms with van der Waals surface area (Å²) in [6.45, 7) is 0.701. The molecule has 0 aliphatic carbocycles. The maximum Gasteiger partial charge on any atom is 0.266 e. The molecule has 2 aromatic heterocycles. The van der Waals surface area contributed by atoms with E-state index in [1.54, 1.807) is 35.5 Å². The van der Waals surface area contributed by atoms with Crippen LogP contribution in [0, 0.1) is 0 Å². The van der Waals surface area contributed by atoms with Crippen LogP contribution in [0.1, 0.15) is 28.7 Å². The van der Waals surface area contributed by atoms with Crippen LogP contribution in [-0.2, 0) is 22.7 Å². The number of hydrogen-bond donors (Lipinski definition) is 1. The minimum atomic E-state index is -1.05. The minimum absolute atomic E-state index is 0.128. The highest BCUT2D eigenvalue weighted by molar-refractivity contribution is 8.26. The van der Waals surface area contributed by atoms with Crippen LogP contribution in [0.5, 0.6) is 0 Å².